The third-order valence-corrected chi connectivity index (χ3v) is 6.53. The Morgan fingerprint density at radius 1 is 0.861 bits per heavy atom. The van der Waals surface area contributed by atoms with E-state index in [0.717, 1.165) is 74.2 Å². The van der Waals surface area contributed by atoms with E-state index in [9.17, 15) is 4.79 Å². The van der Waals surface area contributed by atoms with Gasteiger partial charge in [0.15, 0.2) is 0 Å². The zero-order valence-electron chi connectivity index (χ0n) is 21.3. The molecule has 5 nitrogen and oxygen atoms in total. The average Bonchev–Trinajstić information content (AvgIpc) is 3.27. The summed E-state index contributed by atoms with van der Waals surface area (Å²) in [5.74, 6) is 2.14. The van der Waals surface area contributed by atoms with Crippen molar-refractivity contribution in [2.24, 2.45) is 0 Å². The highest BCUT2D eigenvalue weighted by Gasteiger charge is 2.10. The van der Waals surface area contributed by atoms with Crippen molar-refractivity contribution < 1.29 is 9.53 Å². The molecule has 3 aromatic carbocycles. The van der Waals surface area contributed by atoms with Crippen LogP contribution in [0.15, 0.2) is 78.9 Å². The zero-order valence-corrected chi connectivity index (χ0v) is 21.3. The van der Waals surface area contributed by atoms with E-state index in [2.05, 4.69) is 59.3 Å². The summed E-state index contributed by atoms with van der Waals surface area (Å²) in [6.45, 7) is 4.26. The van der Waals surface area contributed by atoms with Crippen molar-refractivity contribution >= 4 is 16.9 Å². The second kappa shape index (κ2) is 13.5. The SMILES string of the molecule is CCc1ccc(OCCn2c(CCCCCNC(=O)CCc3ccccc3)nc3ccccc32)cc1. The molecule has 0 saturated carbocycles. The molecule has 0 aliphatic carbocycles. The van der Waals surface area contributed by atoms with Crippen LogP contribution in [0.2, 0.25) is 0 Å². The van der Waals surface area contributed by atoms with Crippen LogP contribution in [-0.2, 0) is 30.6 Å². The van der Waals surface area contributed by atoms with Crippen LogP contribution in [0.3, 0.4) is 0 Å². The summed E-state index contributed by atoms with van der Waals surface area (Å²) in [4.78, 5) is 17.0. The lowest BCUT2D eigenvalue weighted by Crippen LogP contribution is -2.24. The van der Waals surface area contributed by atoms with Gasteiger partial charge in [0, 0.05) is 19.4 Å². The minimum absolute atomic E-state index is 0.130. The average molecular weight is 484 g/mol. The third kappa shape index (κ3) is 7.45. The second-order valence-electron chi connectivity index (χ2n) is 9.16. The molecule has 0 atom stereocenters. The Balaban J connectivity index is 1.20. The van der Waals surface area contributed by atoms with Gasteiger partial charge in [0.25, 0.3) is 0 Å². The minimum atomic E-state index is 0.130. The highest BCUT2D eigenvalue weighted by Crippen LogP contribution is 2.19. The van der Waals surface area contributed by atoms with Crippen LogP contribution in [0.25, 0.3) is 11.0 Å². The maximum Gasteiger partial charge on any atom is 0.220 e. The molecule has 1 heterocycles. The molecular formula is C31H37N3O2. The standard InChI is InChI=1S/C31H37N3O2/c1-2-25-16-19-27(20-17-25)36-24-23-34-29-14-9-8-13-28(29)33-30(34)15-7-4-10-22-32-31(35)21-18-26-11-5-3-6-12-26/h3,5-6,8-9,11-14,16-17,19-20H,2,4,7,10,15,18,21-24H2,1H3,(H,32,35). The number of aromatic nitrogens is 2. The van der Waals surface area contributed by atoms with Gasteiger partial charge in [-0.2, -0.15) is 0 Å². The van der Waals surface area contributed by atoms with Gasteiger partial charge in [0.05, 0.1) is 17.6 Å². The number of aryl methyl sites for hydroxylation is 3. The first-order chi connectivity index (χ1) is 17.7. The maximum atomic E-state index is 12.1. The van der Waals surface area contributed by atoms with E-state index in [1.54, 1.807) is 0 Å². The Hall–Kier alpha value is -3.60. The molecule has 5 heteroatoms. The monoisotopic (exact) mass is 483 g/mol. The molecule has 1 aromatic heterocycles. The fourth-order valence-corrected chi connectivity index (χ4v) is 4.45. The normalized spacial score (nSPS) is 11.0. The fourth-order valence-electron chi connectivity index (χ4n) is 4.45. The largest absolute Gasteiger partial charge is 0.492 e. The number of nitrogens with zero attached hydrogens (tertiary/aromatic N) is 2. The van der Waals surface area contributed by atoms with Gasteiger partial charge in [-0.05, 0) is 61.1 Å². The predicted octanol–water partition coefficient (Wildman–Crippen LogP) is 6.14. The summed E-state index contributed by atoms with van der Waals surface area (Å²) in [6, 6.07) is 26.8. The number of amides is 1. The quantitative estimate of drug-likeness (QED) is 0.219. The molecule has 1 N–H and O–H groups in total. The van der Waals surface area contributed by atoms with Gasteiger partial charge in [0.2, 0.25) is 5.91 Å². The molecular weight excluding hydrogens is 446 g/mol. The lowest BCUT2D eigenvalue weighted by molar-refractivity contribution is -0.121. The van der Waals surface area contributed by atoms with Crippen LogP contribution in [0.4, 0.5) is 0 Å². The van der Waals surface area contributed by atoms with Gasteiger partial charge in [-0.25, -0.2) is 4.98 Å². The Labute approximate surface area is 214 Å². The summed E-state index contributed by atoms with van der Waals surface area (Å²) >= 11 is 0. The molecule has 36 heavy (non-hydrogen) atoms. The number of nitrogens with one attached hydrogen (secondary N) is 1. The number of fused-ring (bicyclic) bond motifs is 1. The number of para-hydroxylation sites is 2. The summed E-state index contributed by atoms with van der Waals surface area (Å²) in [5.41, 5.74) is 4.71. The molecule has 0 unspecified atom stereocenters. The number of hydrogen-bond donors (Lipinski definition) is 1. The minimum Gasteiger partial charge on any atom is -0.492 e. The molecule has 4 rings (SSSR count). The number of carbonyl (C=O) groups excluding carboxylic acids is 1. The van der Waals surface area contributed by atoms with Crippen LogP contribution in [0.1, 0.15) is 49.6 Å². The van der Waals surface area contributed by atoms with Gasteiger partial charge >= 0.3 is 0 Å². The molecule has 0 bridgehead atoms. The Kier molecular flexibility index (Phi) is 9.54. The van der Waals surface area contributed by atoms with E-state index in [-0.39, 0.29) is 5.91 Å². The molecule has 0 aliphatic heterocycles. The van der Waals surface area contributed by atoms with Crippen LogP contribution in [-0.4, -0.2) is 28.6 Å². The Morgan fingerprint density at radius 2 is 1.64 bits per heavy atom. The lowest BCUT2D eigenvalue weighted by Gasteiger charge is -2.11. The van der Waals surface area contributed by atoms with Crippen molar-refractivity contribution in [2.45, 2.75) is 58.4 Å². The topological polar surface area (TPSA) is 56.1 Å². The smallest absolute Gasteiger partial charge is 0.220 e. The number of unbranched alkanes of at least 4 members (excludes halogenated alkanes) is 2. The van der Waals surface area contributed by atoms with Crippen LogP contribution in [0.5, 0.6) is 5.75 Å². The van der Waals surface area contributed by atoms with Crippen molar-refractivity contribution in [1.82, 2.24) is 14.9 Å². The van der Waals surface area contributed by atoms with Gasteiger partial charge < -0.3 is 14.6 Å². The van der Waals surface area contributed by atoms with E-state index in [0.29, 0.717) is 13.0 Å². The molecule has 188 valence electrons. The molecule has 0 aliphatic rings. The van der Waals surface area contributed by atoms with Gasteiger partial charge in [-0.3, -0.25) is 4.79 Å². The predicted molar refractivity (Wildman–Crippen MR) is 146 cm³/mol. The lowest BCUT2D eigenvalue weighted by atomic mass is 10.1. The molecule has 4 aromatic rings. The third-order valence-electron chi connectivity index (χ3n) is 6.53. The Bertz CT molecular complexity index is 1220. The molecule has 0 spiro atoms. The van der Waals surface area contributed by atoms with Crippen LogP contribution in [0, 0.1) is 0 Å². The second-order valence-corrected chi connectivity index (χ2v) is 9.16. The first kappa shape index (κ1) is 25.5. The molecule has 0 fully saturated rings. The molecule has 0 saturated heterocycles. The van der Waals surface area contributed by atoms with E-state index in [4.69, 9.17) is 9.72 Å². The first-order valence-corrected chi connectivity index (χ1v) is 13.2. The molecule has 0 radical (unpaired) electrons. The van der Waals surface area contributed by atoms with Gasteiger partial charge in [0.1, 0.15) is 18.2 Å². The summed E-state index contributed by atoms with van der Waals surface area (Å²) in [6.07, 6.45) is 6.36. The first-order valence-electron chi connectivity index (χ1n) is 13.2. The number of hydrogen-bond acceptors (Lipinski definition) is 3. The highest BCUT2D eigenvalue weighted by atomic mass is 16.5. The summed E-state index contributed by atoms with van der Waals surface area (Å²) < 4.78 is 8.31. The van der Waals surface area contributed by atoms with E-state index < -0.39 is 0 Å². The van der Waals surface area contributed by atoms with E-state index in [1.807, 2.05) is 36.4 Å². The zero-order chi connectivity index (χ0) is 25.0. The van der Waals surface area contributed by atoms with E-state index in [1.165, 1.54) is 11.1 Å². The van der Waals surface area contributed by atoms with Gasteiger partial charge in [-0.15, -0.1) is 0 Å². The number of benzene rings is 3. The van der Waals surface area contributed by atoms with Crippen molar-refractivity contribution in [1.29, 1.82) is 0 Å². The number of carbonyl (C=O) groups is 1. The van der Waals surface area contributed by atoms with Crippen molar-refractivity contribution in [2.75, 3.05) is 13.2 Å². The number of ether oxygens (including phenoxy) is 1. The van der Waals surface area contributed by atoms with Crippen molar-refractivity contribution in [3.8, 4) is 5.75 Å². The Morgan fingerprint density at radius 3 is 2.44 bits per heavy atom. The van der Waals surface area contributed by atoms with Crippen LogP contribution >= 0.6 is 0 Å². The van der Waals surface area contributed by atoms with Crippen molar-refractivity contribution in [3.63, 3.8) is 0 Å². The van der Waals surface area contributed by atoms with Crippen LogP contribution < -0.4 is 10.1 Å². The molecule has 1 amide bonds. The summed E-state index contributed by atoms with van der Waals surface area (Å²) in [7, 11) is 0. The van der Waals surface area contributed by atoms with Gasteiger partial charge in [-0.1, -0.05) is 67.9 Å². The van der Waals surface area contributed by atoms with Crippen molar-refractivity contribution in [3.05, 3.63) is 95.8 Å². The highest BCUT2D eigenvalue weighted by molar-refractivity contribution is 5.76. The number of imidazole rings is 1. The summed E-state index contributed by atoms with van der Waals surface area (Å²) in [5, 5.41) is 3.06. The van der Waals surface area contributed by atoms with E-state index >= 15 is 0 Å². The maximum absolute atomic E-state index is 12.1. The fraction of sp³-hybridized carbons (Fsp3) is 0.355. The number of rotatable bonds is 14.